The molecule has 1 N–H and O–H groups in total. The average molecular weight is 300 g/mol. The standard InChI is InChI=1S/C15H13FN4O2/c16-11-3-1-9(2-4-11)12-7-13(19-18-12)15-17-14(20-22-15)10-5-6-21-8-10/h1-4,7,10H,5-6,8H2,(H,18,19)/t10-/m0/s1. The molecule has 0 radical (unpaired) electrons. The summed E-state index contributed by atoms with van der Waals surface area (Å²) in [4.78, 5) is 4.39. The summed E-state index contributed by atoms with van der Waals surface area (Å²) in [5.41, 5.74) is 2.14. The molecule has 3 heterocycles. The summed E-state index contributed by atoms with van der Waals surface area (Å²) < 4.78 is 23.6. The van der Waals surface area contributed by atoms with Crippen LogP contribution in [0.1, 0.15) is 18.2 Å². The van der Waals surface area contributed by atoms with Crippen molar-refractivity contribution in [2.75, 3.05) is 13.2 Å². The van der Waals surface area contributed by atoms with Crippen LogP contribution in [0.3, 0.4) is 0 Å². The first-order chi connectivity index (χ1) is 10.8. The molecule has 22 heavy (non-hydrogen) atoms. The third-order valence-electron chi connectivity index (χ3n) is 3.68. The molecule has 3 aromatic rings. The molecule has 0 spiro atoms. The van der Waals surface area contributed by atoms with E-state index in [4.69, 9.17) is 9.26 Å². The number of aromatic amines is 1. The van der Waals surface area contributed by atoms with Crippen LogP contribution in [0.5, 0.6) is 0 Å². The number of nitrogens with zero attached hydrogens (tertiary/aromatic N) is 3. The number of hydrogen-bond acceptors (Lipinski definition) is 5. The van der Waals surface area contributed by atoms with E-state index in [1.165, 1.54) is 12.1 Å². The van der Waals surface area contributed by atoms with Crippen LogP contribution in [0.2, 0.25) is 0 Å². The second kappa shape index (κ2) is 5.34. The molecule has 1 saturated heterocycles. The van der Waals surface area contributed by atoms with Crippen molar-refractivity contribution >= 4 is 0 Å². The third-order valence-corrected chi connectivity index (χ3v) is 3.68. The lowest BCUT2D eigenvalue weighted by atomic mass is 10.1. The molecule has 7 heteroatoms. The van der Waals surface area contributed by atoms with Gasteiger partial charge in [-0.25, -0.2) is 4.39 Å². The van der Waals surface area contributed by atoms with E-state index in [9.17, 15) is 4.39 Å². The van der Waals surface area contributed by atoms with Crippen LogP contribution in [0.15, 0.2) is 34.9 Å². The number of nitrogens with one attached hydrogen (secondary N) is 1. The van der Waals surface area contributed by atoms with Gasteiger partial charge in [0.15, 0.2) is 5.82 Å². The Hall–Kier alpha value is -2.54. The molecule has 6 nitrogen and oxygen atoms in total. The largest absolute Gasteiger partial charge is 0.381 e. The summed E-state index contributed by atoms with van der Waals surface area (Å²) in [7, 11) is 0. The first-order valence-corrected chi connectivity index (χ1v) is 7.02. The molecule has 1 aliphatic heterocycles. The topological polar surface area (TPSA) is 76.8 Å². The van der Waals surface area contributed by atoms with Gasteiger partial charge in [0.2, 0.25) is 0 Å². The molecule has 1 atom stereocenters. The fourth-order valence-electron chi connectivity index (χ4n) is 2.45. The van der Waals surface area contributed by atoms with E-state index in [0.717, 1.165) is 18.6 Å². The molecule has 112 valence electrons. The Bertz CT molecular complexity index is 775. The van der Waals surface area contributed by atoms with E-state index in [-0.39, 0.29) is 11.7 Å². The maximum atomic E-state index is 13.0. The first-order valence-electron chi connectivity index (χ1n) is 7.02. The van der Waals surface area contributed by atoms with Crippen LogP contribution in [-0.2, 0) is 4.74 Å². The second-order valence-corrected chi connectivity index (χ2v) is 5.19. The minimum absolute atomic E-state index is 0.192. The van der Waals surface area contributed by atoms with Crippen molar-refractivity contribution in [2.24, 2.45) is 0 Å². The van der Waals surface area contributed by atoms with E-state index in [1.54, 1.807) is 18.2 Å². The van der Waals surface area contributed by atoms with E-state index >= 15 is 0 Å². The highest BCUT2D eigenvalue weighted by Crippen LogP contribution is 2.26. The van der Waals surface area contributed by atoms with E-state index in [0.29, 0.717) is 29.7 Å². The molecule has 4 rings (SSSR count). The van der Waals surface area contributed by atoms with Crippen molar-refractivity contribution in [3.05, 3.63) is 42.0 Å². The molecule has 1 aliphatic rings. The number of benzene rings is 1. The van der Waals surface area contributed by atoms with Gasteiger partial charge in [0.1, 0.15) is 11.5 Å². The van der Waals surface area contributed by atoms with Gasteiger partial charge in [-0.1, -0.05) is 5.16 Å². The van der Waals surface area contributed by atoms with Crippen molar-refractivity contribution in [3.8, 4) is 22.8 Å². The molecule has 0 amide bonds. The lowest BCUT2D eigenvalue weighted by Gasteiger charge is -1.97. The number of H-pyrrole nitrogens is 1. The van der Waals surface area contributed by atoms with Crippen molar-refractivity contribution in [2.45, 2.75) is 12.3 Å². The fourth-order valence-corrected chi connectivity index (χ4v) is 2.45. The Morgan fingerprint density at radius 3 is 2.86 bits per heavy atom. The zero-order chi connectivity index (χ0) is 14.9. The highest BCUT2D eigenvalue weighted by Gasteiger charge is 2.24. The highest BCUT2D eigenvalue weighted by molar-refractivity contribution is 5.64. The summed E-state index contributed by atoms with van der Waals surface area (Å²) in [6.07, 6.45) is 0.906. The summed E-state index contributed by atoms with van der Waals surface area (Å²) in [6.45, 7) is 1.36. The number of aromatic nitrogens is 4. The van der Waals surface area contributed by atoms with E-state index < -0.39 is 0 Å². The van der Waals surface area contributed by atoms with Gasteiger partial charge in [0.05, 0.1) is 12.3 Å². The summed E-state index contributed by atoms with van der Waals surface area (Å²) in [5, 5.41) is 11.1. The smallest absolute Gasteiger partial charge is 0.275 e. The van der Waals surface area contributed by atoms with Gasteiger partial charge in [-0.3, -0.25) is 5.10 Å². The normalized spacial score (nSPS) is 18.0. The molecule has 0 aliphatic carbocycles. The molecule has 1 fully saturated rings. The Balaban J connectivity index is 1.59. The van der Waals surface area contributed by atoms with Gasteiger partial charge in [0, 0.05) is 18.1 Å². The lowest BCUT2D eigenvalue weighted by molar-refractivity contribution is 0.192. The molecule has 0 bridgehead atoms. The Morgan fingerprint density at radius 2 is 2.09 bits per heavy atom. The maximum Gasteiger partial charge on any atom is 0.275 e. The average Bonchev–Trinajstić information content (AvgIpc) is 3.27. The second-order valence-electron chi connectivity index (χ2n) is 5.19. The van der Waals surface area contributed by atoms with Gasteiger partial charge in [-0.2, -0.15) is 10.1 Å². The van der Waals surface area contributed by atoms with Crippen LogP contribution in [0.25, 0.3) is 22.8 Å². The van der Waals surface area contributed by atoms with Gasteiger partial charge < -0.3 is 9.26 Å². The highest BCUT2D eigenvalue weighted by atomic mass is 19.1. The van der Waals surface area contributed by atoms with Gasteiger partial charge in [-0.05, 0) is 36.8 Å². The number of hydrogen-bond donors (Lipinski definition) is 1. The minimum Gasteiger partial charge on any atom is -0.381 e. The molecule has 1 aromatic carbocycles. The van der Waals surface area contributed by atoms with Crippen molar-refractivity contribution in [1.29, 1.82) is 0 Å². The molecular weight excluding hydrogens is 287 g/mol. The molecule has 0 saturated carbocycles. The summed E-state index contributed by atoms with van der Waals surface area (Å²) in [5.74, 6) is 0.963. The predicted molar refractivity (Wildman–Crippen MR) is 75.5 cm³/mol. The maximum absolute atomic E-state index is 13.0. The molecule has 0 unspecified atom stereocenters. The molecular formula is C15H13FN4O2. The summed E-state index contributed by atoms with van der Waals surface area (Å²) in [6, 6.07) is 7.94. The van der Waals surface area contributed by atoms with Crippen LogP contribution in [0, 0.1) is 5.82 Å². The zero-order valence-electron chi connectivity index (χ0n) is 11.6. The van der Waals surface area contributed by atoms with E-state index in [1.807, 2.05) is 0 Å². The zero-order valence-corrected chi connectivity index (χ0v) is 11.6. The summed E-state index contributed by atoms with van der Waals surface area (Å²) >= 11 is 0. The van der Waals surface area contributed by atoms with Crippen LogP contribution in [-0.4, -0.2) is 33.6 Å². The predicted octanol–water partition coefficient (Wildman–Crippen LogP) is 2.77. The number of rotatable bonds is 3. The SMILES string of the molecule is Fc1ccc(-c2cc(-c3nc([C@H]4CCOC4)no3)[nH]n2)cc1. The van der Waals surface area contributed by atoms with Crippen molar-refractivity contribution < 1.29 is 13.7 Å². The number of halogens is 1. The van der Waals surface area contributed by atoms with Gasteiger partial charge >= 0.3 is 0 Å². The lowest BCUT2D eigenvalue weighted by Crippen LogP contribution is -1.99. The quantitative estimate of drug-likeness (QED) is 0.805. The van der Waals surface area contributed by atoms with Gasteiger partial charge in [0.25, 0.3) is 5.89 Å². The van der Waals surface area contributed by atoms with Crippen molar-refractivity contribution in [1.82, 2.24) is 20.3 Å². The minimum atomic E-state index is -0.278. The number of ether oxygens (including phenoxy) is 1. The first kappa shape index (κ1) is 13.1. The van der Waals surface area contributed by atoms with Crippen LogP contribution >= 0.6 is 0 Å². The Labute approximate surface area is 125 Å². The van der Waals surface area contributed by atoms with Crippen molar-refractivity contribution in [3.63, 3.8) is 0 Å². The Morgan fingerprint density at radius 1 is 1.23 bits per heavy atom. The molecule has 2 aromatic heterocycles. The third kappa shape index (κ3) is 2.39. The fraction of sp³-hybridized carbons (Fsp3) is 0.267. The van der Waals surface area contributed by atoms with Crippen LogP contribution < -0.4 is 0 Å². The van der Waals surface area contributed by atoms with Gasteiger partial charge in [-0.15, -0.1) is 0 Å². The monoisotopic (exact) mass is 300 g/mol. The Kier molecular flexibility index (Phi) is 3.19. The van der Waals surface area contributed by atoms with E-state index in [2.05, 4.69) is 20.3 Å². The van der Waals surface area contributed by atoms with Crippen LogP contribution in [0.4, 0.5) is 4.39 Å².